The molecule has 1 aliphatic heterocycles. The molecule has 0 aromatic heterocycles. The molecule has 3 rings (SSSR count). The van der Waals surface area contributed by atoms with Crippen LogP contribution >= 0.6 is 0 Å². The number of esters is 1. The molecule has 0 aliphatic carbocycles. The molecule has 27 heavy (non-hydrogen) atoms. The number of ether oxygens (including phenoxy) is 3. The van der Waals surface area contributed by atoms with Crippen molar-refractivity contribution in [3.05, 3.63) is 58.1 Å². The first-order valence-corrected chi connectivity index (χ1v) is 9.35. The zero-order valence-corrected chi connectivity index (χ0v) is 17.0. The summed E-state index contributed by atoms with van der Waals surface area (Å²) in [7, 11) is 0. The molecule has 0 unspecified atom stereocenters. The number of fused-ring (bicyclic) bond motifs is 1. The Morgan fingerprint density at radius 2 is 1.74 bits per heavy atom. The Morgan fingerprint density at radius 1 is 1.07 bits per heavy atom. The van der Waals surface area contributed by atoms with Crippen molar-refractivity contribution >= 4 is 5.97 Å². The van der Waals surface area contributed by atoms with E-state index in [1.165, 1.54) is 6.92 Å². The third-order valence-corrected chi connectivity index (χ3v) is 5.46. The van der Waals surface area contributed by atoms with Crippen LogP contribution in [0.5, 0.6) is 11.5 Å². The van der Waals surface area contributed by atoms with E-state index in [1.54, 1.807) is 0 Å². The fourth-order valence-corrected chi connectivity index (χ4v) is 3.78. The standard InChI is InChI=1S/C23H28O4/c1-14-15(2)22-20(19(13-25-17(4)24)23(5,6)27-22)16(3)21(14)26-12-18-10-8-7-9-11-18/h7-11,19H,12-13H2,1-6H3/t19-/m0/s1. The molecule has 4 nitrogen and oxygen atoms in total. The zero-order chi connectivity index (χ0) is 19.8. The van der Waals surface area contributed by atoms with E-state index in [-0.39, 0.29) is 11.9 Å². The van der Waals surface area contributed by atoms with Gasteiger partial charge in [-0.3, -0.25) is 4.79 Å². The monoisotopic (exact) mass is 368 g/mol. The molecule has 0 radical (unpaired) electrons. The molecule has 1 atom stereocenters. The first-order chi connectivity index (χ1) is 12.7. The van der Waals surface area contributed by atoms with E-state index in [0.29, 0.717) is 13.2 Å². The maximum atomic E-state index is 11.4. The highest BCUT2D eigenvalue weighted by Crippen LogP contribution is 2.51. The highest BCUT2D eigenvalue weighted by Gasteiger charge is 2.44. The molecular weight excluding hydrogens is 340 g/mol. The van der Waals surface area contributed by atoms with E-state index in [0.717, 1.165) is 39.3 Å². The summed E-state index contributed by atoms with van der Waals surface area (Å²) in [6.07, 6.45) is 0. The lowest BCUT2D eigenvalue weighted by Gasteiger charge is -2.26. The minimum atomic E-state index is -0.447. The number of carbonyl (C=O) groups is 1. The highest BCUT2D eigenvalue weighted by atomic mass is 16.5. The van der Waals surface area contributed by atoms with Gasteiger partial charge >= 0.3 is 5.97 Å². The number of carbonyl (C=O) groups excluding carboxylic acids is 1. The lowest BCUT2D eigenvalue weighted by molar-refractivity contribution is -0.142. The third-order valence-electron chi connectivity index (χ3n) is 5.46. The Labute approximate surface area is 161 Å². The van der Waals surface area contributed by atoms with Crippen LogP contribution in [0.4, 0.5) is 0 Å². The Balaban J connectivity index is 1.99. The molecule has 0 amide bonds. The van der Waals surface area contributed by atoms with Crippen molar-refractivity contribution in [2.24, 2.45) is 0 Å². The van der Waals surface area contributed by atoms with E-state index < -0.39 is 5.60 Å². The number of rotatable bonds is 5. The topological polar surface area (TPSA) is 44.8 Å². The van der Waals surface area contributed by atoms with Crippen LogP contribution in [0.3, 0.4) is 0 Å². The predicted molar refractivity (Wildman–Crippen MR) is 106 cm³/mol. The second-order valence-corrected chi connectivity index (χ2v) is 7.78. The molecule has 1 aliphatic rings. The van der Waals surface area contributed by atoms with Crippen LogP contribution in [0.1, 0.15) is 54.5 Å². The fraction of sp³-hybridized carbons (Fsp3) is 0.435. The second kappa shape index (κ2) is 7.26. The summed E-state index contributed by atoms with van der Waals surface area (Å²) in [5.74, 6) is 1.49. The average Bonchev–Trinajstić information content (AvgIpc) is 2.89. The van der Waals surface area contributed by atoms with E-state index in [2.05, 4.69) is 32.9 Å². The van der Waals surface area contributed by atoms with Crippen molar-refractivity contribution in [3.63, 3.8) is 0 Å². The molecule has 0 fully saturated rings. The lowest BCUT2D eigenvalue weighted by Crippen LogP contribution is -2.33. The Kier molecular flexibility index (Phi) is 5.18. The summed E-state index contributed by atoms with van der Waals surface area (Å²) in [5.41, 5.74) is 5.00. The summed E-state index contributed by atoms with van der Waals surface area (Å²) < 4.78 is 17.9. The van der Waals surface area contributed by atoms with E-state index in [1.807, 2.05) is 32.0 Å². The second-order valence-electron chi connectivity index (χ2n) is 7.78. The maximum absolute atomic E-state index is 11.4. The third kappa shape index (κ3) is 3.66. The van der Waals surface area contributed by atoms with Gasteiger partial charge in [-0.15, -0.1) is 0 Å². The zero-order valence-electron chi connectivity index (χ0n) is 17.0. The van der Waals surface area contributed by atoms with Gasteiger partial charge in [-0.05, 0) is 56.9 Å². The molecule has 1 heterocycles. The summed E-state index contributed by atoms with van der Waals surface area (Å²) >= 11 is 0. The molecule has 0 saturated heterocycles. The van der Waals surface area contributed by atoms with Crippen LogP contribution in [0.25, 0.3) is 0 Å². The molecule has 2 aromatic rings. The van der Waals surface area contributed by atoms with Crippen molar-refractivity contribution in [2.75, 3.05) is 6.61 Å². The quantitative estimate of drug-likeness (QED) is 0.696. The Bertz CT molecular complexity index is 853. The average molecular weight is 368 g/mol. The van der Waals surface area contributed by atoms with Crippen molar-refractivity contribution in [1.29, 1.82) is 0 Å². The Morgan fingerprint density at radius 3 is 2.37 bits per heavy atom. The van der Waals surface area contributed by atoms with E-state index in [9.17, 15) is 4.79 Å². The van der Waals surface area contributed by atoms with Gasteiger partial charge < -0.3 is 14.2 Å². The van der Waals surface area contributed by atoms with Gasteiger partial charge in [0, 0.05) is 12.5 Å². The fourth-order valence-electron chi connectivity index (χ4n) is 3.78. The van der Waals surface area contributed by atoms with Crippen LogP contribution < -0.4 is 9.47 Å². The first kappa shape index (κ1) is 19.3. The SMILES string of the molecule is CC(=O)OC[C@H]1c2c(C)c(OCc3ccccc3)c(C)c(C)c2OC1(C)C. The molecule has 0 N–H and O–H groups in total. The van der Waals surface area contributed by atoms with Gasteiger partial charge in [0.2, 0.25) is 0 Å². The van der Waals surface area contributed by atoms with Gasteiger partial charge in [0.05, 0.1) is 5.92 Å². The minimum absolute atomic E-state index is 0.0326. The molecule has 144 valence electrons. The van der Waals surface area contributed by atoms with Gasteiger partial charge in [-0.2, -0.15) is 0 Å². The summed E-state index contributed by atoms with van der Waals surface area (Å²) in [6, 6.07) is 10.1. The molecule has 4 heteroatoms. The van der Waals surface area contributed by atoms with E-state index >= 15 is 0 Å². The molecular formula is C23H28O4. The predicted octanol–water partition coefficient (Wildman–Crippen LogP) is 5.01. The van der Waals surface area contributed by atoms with Crippen molar-refractivity contribution in [1.82, 2.24) is 0 Å². The normalized spacial score (nSPS) is 17.2. The summed E-state index contributed by atoms with van der Waals surface area (Å²) in [4.78, 5) is 11.4. The highest BCUT2D eigenvalue weighted by molar-refractivity contribution is 5.66. The van der Waals surface area contributed by atoms with Gasteiger partial charge in [0.1, 0.15) is 30.3 Å². The van der Waals surface area contributed by atoms with Crippen molar-refractivity contribution in [3.8, 4) is 11.5 Å². The number of benzene rings is 2. The molecule has 0 bridgehead atoms. The van der Waals surface area contributed by atoms with Crippen molar-refractivity contribution < 1.29 is 19.0 Å². The lowest BCUT2D eigenvalue weighted by atomic mass is 9.83. The summed E-state index contributed by atoms with van der Waals surface area (Å²) in [6.45, 7) is 12.5. The van der Waals surface area contributed by atoms with Gasteiger partial charge in [-0.25, -0.2) is 0 Å². The Hall–Kier alpha value is -2.49. The van der Waals surface area contributed by atoms with Gasteiger partial charge in [0.25, 0.3) is 0 Å². The number of hydrogen-bond donors (Lipinski definition) is 0. The minimum Gasteiger partial charge on any atom is -0.488 e. The molecule has 2 aromatic carbocycles. The summed E-state index contributed by atoms with van der Waals surface area (Å²) in [5, 5.41) is 0. The maximum Gasteiger partial charge on any atom is 0.302 e. The van der Waals surface area contributed by atoms with Crippen molar-refractivity contribution in [2.45, 2.75) is 59.7 Å². The largest absolute Gasteiger partial charge is 0.488 e. The van der Waals surface area contributed by atoms with Crippen LogP contribution in [0.15, 0.2) is 30.3 Å². The smallest absolute Gasteiger partial charge is 0.302 e. The number of hydrogen-bond acceptors (Lipinski definition) is 4. The van der Waals surface area contributed by atoms with Crippen LogP contribution in [0, 0.1) is 20.8 Å². The van der Waals surface area contributed by atoms with Crippen LogP contribution in [-0.2, 0) is 16.1 Å². The first-order valence-electron chi connectivity index (χ1n) is 9.35. The molecule has 0 spiro atoms. The van der Waals surface area contributed by atoms with Crippen LogP contribution in [-0.4, -0.2) is 18.2 Å². The van der Waals surface area contributed by atoms with Gasteiger partial charge in [-0.1, -0.05) is 30.3 Å². The van der Waals surface area contributed by atoms with Crippen LogP contribution in [0.2, 0.25) is 0 Å². The van der Waals surface area contributed by atoms with E-state index in [4.69, 9.17) is 14.2 Å². The van der Waals surface area contributed by atoms with Gasteiger partial charge in [0.15, 0.2) is 0 Å². The molecule has 0 saturated carbocycles.